The van der Waals surface area contributed by atoms with E-state index in [2.05, 4.69) is 14.4 Å². The van der Waals surface area contributed by atoms with E-state index in [1.165, 1.54) is 0 Å². The highest BCUT2D eigenvalue weighted by Crippen LogP contribution is 2.21. The van der Waals surface area contributed by atoms with Crippen molar-refractivity contribution in [2.75, 3.05) is 13.1 Å². The summed E-state index contributed by atoms with van der Waals surface area (Å²) in [6, 6.07) is 0. The molecular weight excluding hydrogens is 260 g/mol. The number of rotatable bonds is 2. The summed E-state index contributed by atoms with van der Waals surface area (Å²) in [5, 5.41) is 0. The first-order chi connectivity index (χ1) is 9.65. The highest BCUT2D eigenvalue weighted by Gasteiger charge is 2.22. The van der Waals surface area contributed by atoms with E-state index in [-0.39, 0.29) is 11.6 Å². The van der Waals surface area contributed by atoms with Crippen molar-refractivity contribution in [2.45, 2.75) is 6.42 Å². The van der Waals surface area contributed by atoms with Gasteiger partial charge in [0.15, 0.2) is 0 Å². The van der Waals surface area contributed by atoms with Crippen molar-refractivity contribution in [2.24, 2.45) is 7.05 Å². The number of imidazole rings is 1. The lowest BCUT2D eigenvalue weighted by molar-refractivity contribution is 0.0767. The van der Waals surface area contributed by atoms with Crippen LogP contribution >= 0.6 is 0 Å². The zero-order chi connectivity index (χ0) is 14.1. The molecule has 2 aromatic heterocycles. The molecule has 3 rings (SSSR count). The van der Waals surface area contributed by atoms with E-state index >= 15 is 0 Å². The van der Waals surface area contributed by atoms with Crippen LogP contribution in [-0.4, -0.2) is 38.4 Å². The number of carbonyl (C=O) groups is 1. The maximum atomic E-state index is 12.1. The first-order valence-corrected chi connectivity index (χ1v) is 6.29. The molecule has 7 nitrogen and oxygen atoms in total. The number of nitrogens with one attached hydrogen (secondary N) is 1. The Morgan fingerprint density at radius 3 is 2.90 bits per heavy atom. The van der Waals surface area contributed by atoms with Crippen molar-refractivity contribution in [3.63, 3.8) is 0 Å². The van der Waals surface area contributed by atoms with Crippen molar-refractivity contribution < 1.29 is 9.21 Å². The second-order valence-corrected chi connectivity index (χ2v) is 4.65. The lowest BCUT2D eigenvalue weighted by atomic mass is 10.1. The zero-order valence-corrected chi connectivity index (χ0v) is 11.0. The fourth-order valence-electron chi connectivity index (χ4n) is 2.29. The maximum absolute atomic E-state index is 12.1. The molecule has 0 radical (unpaired) electrons. The van der Waals surface area contributed by atoms with Gasteiger partial charge in [-0.3, -0.25) is 9.78 Å². The molecule has 1 aliphatic rings. The third kappa shape index (κ3) is 2.18. The fraction of sp³-hybridized carbons (Fsp3) is 0.308. The molecule has 0 bridgehead atoms. The van der Waals surface area contributed by atoms with E-state index in [1.54, 1.807) is 11.1 Å². The van der Waals surface area contributed by atoms with E-state index in [0.717, 1.165) is 24.1 Å². The molecule has 0 atom stereocenters. The molecule has 1 N–H and O–H groups in total. The van der Waals surface area contributed by atoms with Crippen molar-refractivity contribution in [3.8, 4) is 0 Å². The van der Waals surface area contributed by atoms with Crippen molar-refractivity contribution >= 4 is 11.5 Å². The van der Waals surface area contributed by atoms with Gasteiger partial charge in [0.05, 0.1) is 0 Å². The topological polar surface area (TPSA) is 84.1 Å². The quantitative estimate of drug-likeness (QED) is 0.870. The number of aromatic nitrogens is 3. The average Bonchev–Trinajstić information content (AvgIpc) is 3.07. The van der Waals surface area contributed by atoms with Crippen LogP contribution in [-0.2, 0) is 7.05 Å². The van der Waals surface area contributed by atoms with Gasteiger partial charge in [-0.25, -0.2) is 9.78 Å². The van der Waals surface area contributed by atoms with Gasteiger partial charge in [-0.05, 0) is 12.0 Å². The third-order valence-electron chi connectivity index (χ3n) is 3.36. The highest BCUT2D eigenvalue weighted by atomic mass is 16.4. The van der Waals surface area contributed by atoms with Crippen LogP contribution in [0, 0.1) is 0 Å². The number of aryl methyl sites for hydroxylation is 1. The molecule has 3 heterocycles. The van der Waals surface area contributed by atoms with E-state index in [0.29, 0.717) is 13.1 Å². The summed E-state index contributed by atoms with van der Waals surface area (Å²) in [6.07, 6.45) is 7.52. The van der Waals surface area contributed by atoms with Crippen LogP contribution in [0.2, 0.25) is 0 Å². The molecule has 7 heteroatoms. The first-order valence-electron chi connectivity index (χ1n) is 6.29. The summed E-state index contributed by atoms with van der Waals surface area (Å²) in [5.41, 5.74) is 1.31. The molecular formula is C13H14N4O3. The smallest absolute Gasteiger partial charge is 0.416 e. The van der Waals surface area contributed by atoms with Gasteiger partial charge in [0, 0.05) is 32.5 Å². The molecule has 0 aliphatic carbocycles. The lowest BCUT2D eigenvalue weighted by Gasteiger charge is -2.25. The molecule has 20 heavy (non-hydrogen) atoms. The Morgan fingerprint density at radius 2 is 2.35 bits per heavy atom. The Labute approximate surface area is 114 Å². The van der Waals surface area contributed by atoms with Crippen LogP contribution in [0.1, 0.15) is 22.7 Å². The molecule has 0 saturated heterocycles. The average molecular weight is 274 g/mol. The number of nitrogens with zero attached hydrogens (tertiary/aromatic N) is 3. The molecule has 0 saturated carbocycles. The Bertz CT molecular complexity index is 722. The SMILES string of the molecule is Cn1ccnc1C1=CCN(C(=O)c2coc(=O)[nH]2)CC1. The molecule has 0 aromatic carbocycles. The summed E-state index contributed by atoms with van der Waals surface area (Å²) >= 11 is 0. The number of hydrogen-bond donors (Lipinski definition) is 1. The van der Waals surface area contributed by atoms with Gasteiger partial charge >= 0.3 is 5.76 Å². The number of aromatic amines is 1. The van der Waals surface area contributed by atoms with E-state index in [1.807, 2.05) is 23.9 Å². The van der Waals surface area contributed by atoms with Gasteiger partial charge < -0.3 is 13.9 Å². The number of oxazole rings is 1. The summed E-state index contributed by atoms with van der Waals surface area (Å²) in [6.45, 7) is 1.08. The van der Waals surface area contributed by atoms with Crippen LogP contribution in [0.25, 0.3) is 5.57 Å². The molecule has 0 unspecified atom stereocenters. The van der Waals surface area contributed by atoms with Crippen LogP contribution in [0.3, 0.4) is 0 Å². The zero-order valence-electron chi connectivity index (χ0n) is 11.0. The Kier molecular flexibility index (Phi) is 3.02. The Balaban J connectivity index is 1.75. The second kappa shape index (κ2) is 4.84. The van der Waals surface area contributed by atoms with Crippen molar-refractivity contribution in [3.05, 3.63) is 46.8 Å². The molecule has 1 amide bonds. The highest BCUT2D eigenvalue weighted by molar-refractivity contribution is 5.92. The Hall–Kier alpha value is -2.57. The van der Waals surface area contributed by atoms with Crippen LogP contribution < -0.4 is 5.76 Å². The third-order valence-corrected chi connectivity index (χ3v) is 3.36. The van der Waals surface area contributed by atoms with Crippen molar-refractivity contribution in [1.82, 2.24) is 19.4 Å². The maximum Gasteiger partial charge on any atom is 0.416 e. The van der Waals surface area contributed by atoms with E-state index in [9.17, 15) is 9.59 Å². The fourth-order valence-corrected chi connectivity index (χ4v) is 2.29. The van der Waals surface area contributed by atoms with E-state index < -0.39 is 5.76 Å². The normalized spacial score (nSPS) is 15.2. The molecule has 0 spiro atoms. The predicted molar refractivity (Wildman–Crippen MR) is 71.0 cm³/mol. The van der Waals surface area contributed by atoms with Crippen LogP contribution in [0.4, 0.5) is 0 Å². The monoisotopic (exact) mass is 274 g/mol. The van der Waals surface area contributed by atoms with Crippen LogP contribution in [0.15, 0.2) is 33.9 Å². The molecule has 1 aliphatic heterocycles. The van der Waals surface area contributed by atoms with Gasteiger partial charge in [-0.15, -0.1) is 0 Å². The van der Waals surface area contributed by atoms with Gasteiger partial charge in [0.25, 0.3) is 5.91 Å². The van der Waals surface area contributed by atoms with Crippen LogP contribution in [0.5, 0.6) is 0 Å². The van der Waals surface area contributed by atoms with Crippen molar-refractivity contribution in [1.29, 1.82) is 0 Å². The number of hydrogen-bond acceptors (Lipinski definition) is 4. The lowest BCUT2D eigenvalue weighted by Crippen LogP contribution is -2.35. The number of amides is 1. The molecule has 0 fully saturated rings. The van der Waals surface area contributed by atoms with Gasteiger partial charge in [0.1, 0.15) is 17.8 Å². The summed E-state index contributed by atoms with van der Waals surface area (Å²) < 4.78 is 6.54. The standard InChI is InChI=1S/C13H14N4O3/c1-16-7-4-14-11(16)9-2-5-17(6-3-9)12(18)10-8-20-13(19)15-10/h2,4,7-8H,3,5-6H2,1H3,(H,15,19). The predicted octanol–water partition coefficient (Wildman–Crippen LogP) is 0.631. The summed E-state index contributed by atoms with van der Waals surface area (Å²) in [7, 11) is 1.94. The minimum atomic E-state index is -0.616. The number of H-pyrrole nitrogens is 1. The minimum Gasteiger partial charge on any atom is -0.416 e. The second-order valence-electron chi connectivity index (χ2n) is 4.65. The molecule has 2 aromatic rings. The summed E-state index contributed by atoms with van der Waals surface area (Å²) in [4.78, 5) is 31.4. The Morgan fingerprint density at radius 1 is 1.50 bits per heavy atom. The van der Waals surface area contributed by atoms with Gasteiger partial charge in [-0.2, -0.15) is 0 Å². The first kappa shape index (κ1) is 12.5. The minimum absolute atomic E-state index is 0.184. The summed E-state index contributed by atoms with van der Waals surface area (Å²) in [5.74, 6) is 0.0782. The van der Waals surface area contributed by atoms with Gasteiger partial charge in [0.2, 0.25) is 0 Å². The molecule has 104 valence electrons. The number of carbonyl (C=O) groups excluding carboxylic acids is 1. The largest absolute Gasteiger partial charge is 0.416 e. The van der Waals surface area contributed by atoms with E-state index in [4.69, 9.17) is 0 Å². The van der Waals surface area contributed by atoms with Gasteiger partial charge in [-0.1, -0.05) is 6.08 Å².